The van der Waals surface area contributed by atoms with Crippen LogP contribution < -0.4 is 15.5 Å². The summed E-state index contributed by atoms with van der Waals surface area (Å²) in [6.45, 7) is 1.31. The van der Waals surface area contributed by atoms with Gasteiger partial charge in [0, 0.05) is 44.6 Å². The molecule has 8 heteroatoms. The van der Waals surface area contributed by atoms with E-state index in [1.54, 1.807) is 0 Å². The third kappa shape index (κ3) is 3.76. The van der Waals surface area contributed by atoms with Crippen LogP contribution in [0.15, 0.2) is 28.4 Å². The second-order valence-electron chi connectivity index (χ2n) is 5.94. The Morgan fingerprint density at radius 1 is 1.44 bits per heavy atom. The maximum absolute atomic E-state index is 14.0. The Hall–Kier alpha value is -2.95. The van der Waals surface area contributed by atoms with E-state index in [0.29, 0.717) is 44.6 Å². The van der Waals surface area contributed by atoms with Crippen LogP contribution in [-0.2, 0) is 0 Å². The van der Waals surface area contributed by atoms with E-state index in [9.17, 15) is 14.0 Å². The molecule has 3 rings (SSSR count). The molecule has 0 bridgehead atoms. The van der Waals surface area contributed by atoms with E-state index in [0.717, 1.165) is 0 Å². The Bertz CT molecular complexity index is 765. The van der Waals surface area contributed by atoms with Crippen LogP contribution in [-0.4, -0.2) is 37.2 Å². The standard InChI is InChI=1S/C17H18FN5O2/c1-2-3-6-17(21-22-17)7-8-19-15(24)13-11-12(4-5-14(13)18)23-10-9-20-16(23)25/h1,4-5,11H,3,6-10H2,(H,19,24)(H,20,25). The second-order valence-corrected chi connectivity index (χ2v) is 5.94. The van der Waals surface area contributed by atoms with E-state index in [-0.39, 0.29) is 11.6 Å². The van der Waals surface area contributed by atoms with Crippen LogP contribution in [0.25, 0.3) is 0 Å². The smallest absolute Gasteiger partial charge is 0.321 e. The maximum atomic E-state index is 14.0. The first-order valence-corrected chi connectivity index (χ1v) is 8.05. The molecule has 3 amide bonds. The van der Waals surface area contributed by atoms with Crippen molar-refractivity contribution in [3.63, 3.8) is 0 Å². The zero-order valence-electron chi connectivity index (χ0n) is 13.6. The number of urea groups is 1. The lowest BCUT2D eigenvalue weighted by atomic mass is 10.0. The van der Waals surface area contributed by atoms with Gasteiger partial charge in [0.2, 0.25) is 0 Å². The SMILES string of the molecule is C#CCCC1(CCNC(=O)c2cc(N3CCNC3=O)ccc2F)N=N1. The highest BCUT2D eigenvalue weighted by Crippen LogP contribution is 2.36. The fourth-order valence-corrected chi connectivity index (χ4v) is 2.71. The van der Waals surface area contributed by atoms with Crippen LogP contribution >= 0.6 is 0 Å². The first-order valence-electron chi connectivity index (χ1n) is 8.05. The van der Waals surface area contributed by atoms with Gasteiger partial charge in [-0.1, -0.05) is 0 Å². The molecule has 0 unspecified atom stereocenters. The number of terminal acetylenes is 1. The van der Waals surface area contributed by atoms with Crippen LogP contribution in [0, 0.1) is 18.2 Å². The highest BCUT2D eigenvalue weighted by molar-refractivity contribution is 5.98. The number of carbonyl (C=O) groups is 2. The second kappa shape index (κ2) is 6.89. The molecule has 1 aromatic carbocycles. The average molecular weight is 343 g/mol. The minimum absolute atomic E-state index is 0.0976. The largest absolute Gasteiger partial charge is 0.352 e. The monoisotopic (exact) mass is 343 g/mol. The van der Waals surface area contributed by atoms with Crippen molar-refractivity contribution < 1.29 is 14.0 Å². The van der Waals surface area contributed by atoms with E-state index < -0.39 is 17.4 Å². The molecular weight excluding hydrogens is 325 g/mol. The molecule has 25 heavy (non-hydrogen) atoms. The zero-order valence-corrected chi connectivity index (χ0v) is 13.6. The van der Waals surface area contributed by atoms with Gasteiger partial charge in [0.1, 0.15) is 5.82 Å². The van der Waals surface area contributed by atoms with Crippen molar-refractivity contribution in [3.8, 4) is 12.3 Å². The summed E-state index contributed by atoms with van der Waals surface area (Å²) in [6.07, 6.45) is 6.97. The van der Waals surface area contributed by atoms with Crippen molar-refractivity contribution in [1.82, 2.24) is 10.6 Å². The van der Waals surface area contributed by atoms with E-state index >= 15 is 0 Å². The summed E-state index contributed by atoms with van der Waals surface area (Å²) in [7, 11) is 0. The van der Waals surface area contributed by atoms with Crippen LogP contribution in [0.1, 0.15) is 29.6 Å². The quantitative estimate of drug-likeness (QED) is 0.743. The third-order valence-corrected chi connectivity index (χ3v) is 4.23. The molecule has 2 N–H and O–H groups in total. The van der Waals surface area contributed by atoms with Crippen molar-refractivity contribution in [1.29, 1.82) is 0 Å². The van der Waals surface area contributed by atoms with Gasteiger partial charge >= 0.3 is 6.03 Å². The molecule has 7 nitrogen and oxygen atoms in total. The number of hydrogen-bond acceptors (Lipinski definition) is 4. The molecule has 0 aromatic heterocycles. The number of nitrogens with one attached hydrogen (secondary N) is 2. The van der Waals surface area contributed by atoms with E-state index in [2.05, 4.69) is 26.8 Å². The number of amides is 3. The Kier molecular flexibility index (Phi) is 4.65. The number of halogens is 1. The molecule has 2 heterocycles. The Balaban J connectivity index is 1.60. The number of carbonyl (C=O) groups excluding carboxylic acids is 2. The van der Waals surface area contributed by atoms with Crippen molar-refractivity contribution >= 4 is 17.6 Å². The summed E-state index contributed by atoms with van der Waals surface area (Å²) >= 11 is 0. The topological polar surface area (TPSA) is 86.2 Å². The normalized spacial score (nSPS) is 17.1. The van der Waals surface area contributed by atoms with Gasteiger partial charge in [-0.15, -0.1) is 12.3 Å². The summed E-state index contributed by atoms with van der Waals surface area (Å²) in [5.41, 5.74) is -0.105. The highest BCUT2D eigenvalue weighted by atomic mass is 19.1. The zero-order chi connectivity index (χ0) is 17.9. The number of rotatable bonds is 7. The van der Waals surface area contributed by atoms with Gasteiger partial charge in [-0.05, 0) is 18.2 Å². The molecular formula is C17H18FN5O2. The van der Waals surface area contributed by atoms with Crippen molar-refractivity contribution in [3.05, 3.63) is 29.6 Å². The van der Waals surface area contributed by atoms with Gasteiger partial charge in [0.15, 0.2) is 5.66 Å². The lowest BCUT2D eigenvalue weighted by Crippen LogP contribution is -2.30. The maximum Gasteiger partial charge on any atom is 0.321 e. The van der Waals surface area contributed by atoms with Crippen molar-refractivity contribution in [2.24, 2.45) is 10.2 Å². The summed E-state index contributed by atoms with van der Waals surface area (Å²) in [5, 5.41) is 13.3. The molecule has 0 radical (unpaired) electrons. The Morgan fingerprint density at radius 3 is 2.88 bits per heavy atom. The van der Waals surface area contributed by atoms with Crippen molar-refractivity contribution in [2.75, 3.05) is 24.5 Å². The van der Waals surface area contributed by atoms with E-state index in [1.807, 2.05) is 0 Å². The predicted molar refractivity (Wildman–Crippen MR) is 89.7 cm³/mol. The van der Waals surface area contributed by atoms with Gasteiger partial charge in [0.05, 0.1) is 5.56 Å². The molecule has 1 fully saturated rings. The summed E-state index contributed by atoms with van der Waals surface area (Å²) in [4.78, 5) is 25.4. The molecule has 2 aliphatic rings. The molecule has 0 aliphatic carbocycles. The minimum atomic E-state index is -0.635. The van der Waals surface area contributed by atoms with Gasteiger partial charge in [-0.25, -0.2) is 9.18 Å². The van der Waals surface area contributed by atoms with E-state index in [1.165, 1.54) is 23.1 Å². The fraction of sp³-hybridized carbons (Fsp3) is 0.412. The van der Waals surface area contributed by atoms with Gasteiger partial charge < -0.3 is 10.6 Å². The Labute approximate surface area is 144 Å². The van der Waals surface area contributed by atoms with Gasteiger partial charge in [0.25, 0.3) is 5.91 Å². The molecule has 0 atom stereocenters. The molecule has 2 aliphatic heterocycles. The molecule has 1 aromatic rings. The minimum Gasteiger partial charge on any atom is -0.352 e. The molecule has 1 saturated heterocycles. The van der Waals surface area contributed by atoms with Gasteiger partial charge in [-0.2, -0.15) is 10.2 Å². The first kappa shape index (κ1) is 16.9. The predicted octanol–water partition coefficient (Wildman–Crippen LogP) is 2.05. The van der Waals surface area contributed by atoms with Crippen molar-refractivity contribution in [2.45, 2.75) is 24.9 Å². The molecule has 130 valence electrons. The number of hydrogen-bond donors (Lipinski definition) is 2. The van der Waals surface area contributed by atoms with Crippen LogP contribution in [0.5, 0.6) is 0 Å². The lowest BCUT2D eigenvalue weighted by Gasteiger charge is -2.16. The summed E-state index contributed by atoms with van der Waals surface area (Å²) < 4.78 is 14.0. The summed E-state index contributed by atoms with van der Waals surface area (Å²) in [5.74, 6) is 1.37. The Morgan fingerprint density at radius 2 is 2.24 bits per heavy atom. The number of anilines is 1. The average Bonchev–Trinajstić information content (AvgIpc) is 3.25. The summed E-state index contributed by atoms with van der Waals surface area (Å²) in [6, 6.07) is 3.80. The first-order chi connectivity index (χ1) is 12.0. The van der Waals surface area contributed by atoms with Crippen LogP contribution in [0.2, 0.25) is 0 Å². The molecule has 0 saturated carbocycles. The van der Waals surface area contributed by atoms with E-state index in [4.69, 9.17) is 6.42 Å². The van der Waals surface area contributed by atoms with Crippen LogP contribution in [0.4, 0.5) is 14.9 Å². The molecule has 0 spiro atoms. The number of benzene rings is 1. The highest BCUT2D eigenvalue weighted by Gasteiger charge is 2.38. The lowest BCUT2D eigenvalue weighted by molar-refractivity contribution is 0.0948. The fourth-order valence-electron chi connectivity index (χ4n) is 2.71. The van der Waals surface area contributed by atoms with Crippen LogP contribution in [0.3, 0.4) is 0 Å². The third-order valence-electron chi connectivity index (χ3n) is 4.23. The van der Waals surface area contributed by atoms with Gasteiger partial charge in [-0.3, -0.25) is 9.69 Å². The number of nitrogens with zero attached hydrogens (tertiary/aromatic N) is 3.